The van der Waals surface area contributed by atoms with Crippen molar-refractivity contribution in [2.45, 2.75) is 39.2 Å². The lowest BCUT2D eigenvalue weighted by molar-refractivity contribution is -0.117. The summed E-state index contributed by atoms with van der Waals surface area (Å²) in [6.45, 7) is 4.34. The van der Waals surface area contributed by atoms with Gasteiger partial charge in [0, 0.05) is 24.4 Å². The number of thiophene rings is 1. The van der Waals surface area contributed by atoms with Gasteiger partial charge in [-0.25, -0.2) is 0 Å². The van der Waals surface area contributed by atoms with E-state index in [-0.39, 0.29) is 17.7 Å². The van der Waals surface area contributed by atoms with Crippen molar-refractivity contribution in [3.63, 3.8) is 0 Å². The summed E-state index contributed by atoms with van der Waals surface area (Å²) in [5.41, 5.74) is 1.83. The summed E-state index contributed by atoms with van der Waals surface area (Å²) in [4.78, 5) is 25.4. The normalized spacial score (nSPS) is 19.6. The Labute approximate surface area is 105 Å². The highest BCUT2D eigenvalue weighted by molar-refractivity contribution is 7.08. The molecule has 0 bridgehead atoms. The van der Waals surface area contributed by atoms with Crippen LogP contribution in [0.25, 0.3) is 0 Å². The molecule has 0 N–H and O–H groups in total. The summed E-state index contributed by atoms with van der Waals surface area (Å²) < 4.78 is 0. The third-order valence-corrected chi connectivity index (χ3v) is 4.11. The van der Waals surface area contributed by atoms with E-state index in [9.17, 15) is 9.59 Å². The van der Waals surface area contributed by atoms with Gasteiger partial charge >= 0.3 is 0 Å². The lowest BCUT2D eigenvalue weighted by Gasteiger charge is -2.23. The molecule has 2 heterocycles. The quantitative estimate of drug-likeness (QED) is 0.828. The monoisotopic (exact) mass is 251 g/mol. The summed E-state index contributed by atoms with van der Waals surface area (Å²) in [5, 5.41) is 3.89. The molecule has 1 aromatic heterocycles. The average molecular weight is 251 g/mol. The van der Waals surface area contributed by atoms with E-state index in [1.165, 1.54) is 0 Å². The predicted molar refractivity (Wildman–Crippen MR) is 68.4 cm³/mol. The number of carbonyl (C=O) groups excluding carboxylic acids is 2. The standard InChI is InChI=1S/C13H17NO2S/c1-9-7-17-8-12(9)13(16)14-5-3-4-11(14)6-10(2)15/h7-8,11H,3-6H2,1-2H3. The molecule has 3 nitrogen and oxygen atoms in total. The molecule has 0 saturated carbocycles. The van der Waals surface area contributed by atoms with Crippen molar-refractivity contribution in [3.05, 3.63) is 21.9 Å². The van der Waals surface area contributed by atoms with Gasteiger partial charge in [-0.05, 0) is 37.6 Å². The van der Waals surface area contributed by atoms with Gasteiger partial charge in [0.2, 0.25) is 0 Å². The molecule has 0 spiro atoms. The average Bonchev–Trinajstić information content (AvgIpc) is 2.85. The second-order valence-electron chi connectivity index (χ2n) is 4.67. The molecule has 1 aliphatic rings. The third kappa shape index (κ3) is 2.57. The molecule has 1 fully saturated rings. The maximum atomic E-state index is 12.3. The highest BCUT2D eigenvalue weighted by Crippen LogP contribution is 2.25. The fraction of sp³-hybridized carbons (Fsp3) is 0.538. The van der Waals surface area contributed by atoms with E-state index in [0.717, 1.165) is 30.5 Å². The summed E-state index contributed by atoms with van der Waals surface area (Å²) in [6.07, 6.45) is 2.45. The maximum Gasteiger partial charge on any atom is 0.255 e. The van der Waals surface area contributed by atoms with Gasteiger partial charge in [-0.3, -0.25) is 9.59 Å². The third-order valence-electron chi connectivity index (χ3n) is 3.25. The topological polar surface area (TPSA) is 37.4 Å². The van der Waals surface area contributed by atoms with Crippen LogP contribution in [0.2, 0.25) is 0 Å². The SMILES string of the molecule is CC(=O)CC1CCCN1C(=O)c1cscc1C. The van der Waals surface area contributed by atoms with Crippen molar-refractivity contribution in [1.29, 1.82) is 0 Å². The first kappa shape index (κ1) is 12.3. The fourth-order valence-corrected chi connectivity index (χ4v) is 3.20. The Morgan fingerprint density at radius 3 is 2.82 bits per heavy atom. The first-order valence-corrected chi connectivity index (χ1v) is 6.87. The van der Waals surface area contributed by atoms with Crippen molar-refractivity contribution < 1.29 is 9.59 Å². The van der Waals surface area contributed by atoms with Crippen LogP contribution in [-0.4, -0.2) is 29.2 Å². The van der Waals surface area contributed by atoms with E-state index in [2.05, 4.69) is 0 Å². The number of hydrogen-bond donors (Lipinski definition) is 0. The van der Waals surface area contributed by atoms with Crippen molar-refractivity contribution >= 4 is 23.0 Å². The molecule has 92 valence electrons. The highest BCUT2D eigenvalue weighted by Gasteiger charge is 2.30. The lowest BCUT2D eigenvalue weighted by Crippen LogP contribution is -2.36. The predicted octanol–water partition coefficient (Wildman–Crippen LogP) is 2.64. The number of nitrogens with zero attached hydrogens (tertiary/aromatic N) is 1. The van der Waals surface area contributed by atoms with Crippen molar-refractivity contribution in [2.24, 2.45) is 0 Å². The molecule has 0 radical (unpaired) electrons. The maximum absolute atomic E-state index is 12.3. The lowest BCUT2D eigenvalue weighted by atomic mass is 10.1. The zero-order valence-corrected chi connectivity index (χ0v) is 11.0. The number of rotatable bonds is 3. The first-order valence-electron chi connectivity index (χ1n) is 5.93. The van der Waals surface area contributed by atoms with Crippen LogP contribution in [0.3, 0.4) is 0 Å². The van der Waals surface area contributed by atoms with Gasteiger partial charge in [-0.15, -0.1) is 0 Å². The summed E-state index contributed by atoms with van der Waals surface area (Å²) in [6, 6.07) is 0.110. The number of Topliss-reactive ketones (excluding diaryl/α,β-unsaturated/α-hetero) is 1. The smallest absolute Gasteiger partial charge is 0.255 e. The number of ketones is 1. The van der Waals surface area contributed by atoms with Crippen LogP contribution >= 0.6 is 11.3 Å². The summed E-state index contributed by atoms with van der Waals surface area (Å²) in [7, 11) is 0. The van der Waals surface area contributed by atoms with Crippen LogP contribution in [0, 0.1) is 6.92 Å². The van der Waals surface area contributed by atoms with Gasteiger partial charge in [0.1, 0.15) is 5.78 Å². The number of likely N-dealkylation sites (tertiary alicyclic amines) is 1. The molecule has 1 atom stereocenters. The van der Waals surface area contributed by atoms with E-state index >= 15 is 0 Å². The zero-order valence-electron chi connectivity index (χ0n) is 10.2. The van der Waals surface area contributed by atoms with Gasteiger partial charge in [0.15, 0.2) is 0 Å². The van der Waals surface area contributed by atoms with E-state index in [0.29, 0.717) is 6.42 Å². The Kier molecular flexibility index (Phi) is 3.62. The van der Waals surface area contributed by atoms with Gasteiger partial charge in [0.25, 0.3) is 5.91 Å². The van der Waals surface area contributed by atoms with E-state index < -0.39 is 0 Å². The van der Waals surface area contributed by atoms with E-state index in [4.69, 9.17) is 0 Å². The molecule has 0 aromatic carbocycles. The fourth-order valence-electron chi connectivity index (χ4n) is 2.38. The molecular formula is C13H17NO2S. The Morgan fingerprint density at radius 2 is 2.24 bits per heavy atom. The molecule has 1 aliphatic heterocycles. The molecule has 1 amide bonds. The van der Waals surface area contributed by atoms with Gasteiger partial charge in [-0.1, -0.05) is 0 Å². The van der Waals surface area contributed by atoms with Crippen LogP contribution in [0.1, 0.15) is 42.1 Å². The number of aryl methyl sites for hydroxylation is 1. The molecule has 1 unspecified atom stereocenters. The number of hydrogen-bond acceptors (Lipinski definition) is 3. The molecule has 4 heteroatoms. The van der Waals surface area contributed by atoms with Crippen molar-refractivity contribution in [2.75, 3.05) is 6.54 Å². The summed E-state index contributed by atoms with van der Waals surface area (Å²) in [5.74, 6) is 0.254. The Bertz CT molecular complexity index is 438. The molecule has 2 rings (SSSR count). The van der Waals surface area contributed by atoms with Crippen LogP contribution in [-0.2, 0) is 4.79 Å². The van der Waals surface area contributed by atoms with Gasteiger partial charge in [0.05, 0.1) is 5.56 Å². The van der Waals surface area contributed by atoms with Crippen molar-refractivity contribution in [3.8, 4) is 0 Å². The van der Waals surface area contributed by atoms with Crippen LogP contribution < -0.4 is 0 Å². The van der Waals surface area contributed by atoms with Crippen molar-refractivity contribution in [1.82, 2.24) is 4.90 Å². The minimum Gasteiger partial charge on any atom is -0.335 e. The van der Waals surface area contributed by atoms with Crippen LogP contribution in [0.15, 0.2) is 10.8 Å². The molecule has 0 aliphatic carbocycles. The molecule has 1 saturated heterocycles. The van der Waals surface area contributed by atoms with Gasteiger partial charge in [-0.2, -0.15) is 11.3 Å². The van der Waals surface area contributed by atoms with Gasteiger partial charge < -0.3 is 4.90 Å². The highest BCUT2D eigenvalue weighted by atomic mass is 32.1. The zero-order chi connectivity index (χ0) is 12.4. The molecule has 17 heavy (non-hydrogen) atoms. The summed E-state index contributed by atoms with van der Waals surface area (Å²) >= 11 is 1.55. The number of amides is 1. The van der Waals surface area contributed by atoms with Crippen LogP contribution in [0.4, 0.5) is 0 Å². The Hall–Kier alpha value is -1.16. The molecular weight excluding hydrogens is 234 g/mol. The second kappa shape index (κ2) is 5.00. The second-order valence-corrected chi connectivity index (χ2v) is 5.41. The van der Waals surface area contributed by atoms with E-state index in [1.54, 1.807) is 18.3 Å². The molecule has 1 aromatic rings. The minimum absolute atomic E-state index is 0.0903. The van der Waals surface area contributed by atoms with Crippen LogP contribution in [0.5, 0.6) is 0 Å². The first-order chi connectivity index (χ1) is 8.09. The Balaban J connectivity index is 2.14. The number of carbonyl (C=O) groups is 2. The minimum atomic E-state index is 0.0903. The largest absolute Gasteiger partial charge is 0.335 e. The Morgan fingerprint density at radius 1 is 1.47 bits per heavy atom. The van der Waals surface area contributed by atoms with E-state index in [1.807, 2.05) is 22.6 Å².